The van der Waals surface area contributed by atoms with E-state index >= 15 is 0 Å². The summed E-state index contributed by atoms with van der Waals surface area (Å²) < 4.78 is 18.8. The molecule has 2 N–H and O–H groups in total. The summed E-state index contributed by atoms with van der Waals surface area (Å²) in [4.78, 5) is 40.4. The van der Waals surface area contributed by atoms with Crippen molar-refractivity contribution < 1.29 is 23.5 Å². The molecule has 3 amide bonds. The fourth-order valence-corrected chi connectivity index (χ4v) is 4.54. The molecule has 1 fully saturated rings. The monoisotopic (exact) mass is 481 g/mol. The average molecular weight is 482 g/mol. The highest BCUT2D eigenvalue weighted by molar-refractivity contribution is 7.12. The predicted octanol–water partition coefficient (Wildman–Crippen LogP) is 4.64. The summed E-state index contributed by atoms with van der Waals surface area (Å²) in [6.45, 7) is 1.04. The number of halogens is 1. The second-order valence-corrected chi connectivity index (χ2v) is 8.86. The molecule has 2 heterocycles. The molecular weight excluding hydrogens is 457 g/mol. The number of anilines is 2. The topological polar surface area (TPSA) is 87.7 Å². The van der Waals surface area contributed by atoms with Crippen molar-refractivity contribution in [2.45, 2.75) is 12.8 Å². The quantitative estimate of drug-likeness (QED) is 0.537. The van der Waals surface area contributed by atoms with Crippen molar-refractivity contribution in [2.24, 2.45) is 5.92 Å². The Hall–Kier alpha value is -3.72. The van der Waals surface area contributed by atoms with Gasteiger partial charge < -0.3 is 20.3 Å². The summed E-state index contributed by atoms with van der Waals surface area (Å²) in [6.07, 6.45) is 1.14. The number of benzene rings is 2. The number of ether oxygens (including phenoxy) is 1. The van der Waals surface area contributed by atoms with Gasteiger partial charge in [-0.15, -0.1) is 11.3 Å². The van der Waals surface area contributed by atoms with E-state index in [4.69, 9.17) is 4.74 Å². The van der Waals surface area contributed by atoms with Gasteiger partial charge in [-0.1, -0.05) is 12.1 Å². The molecule has 1 aromatic heterocycles. The molecule has 0 atom stereocenters. The smallest absolute Gasteiger partial charge is 0.263 e. The van der Waals surface area contributed by atoms with Crippen molar-refractivity contribution in [3.63, 3.8) is 0 Å². The number of amides is 3. The Labute approximate surface area is 200 Å². The number of hydrogen-bond donors (Lipinski definition) is 2. The van der Waals surface area contributed by atoms with Gasteiger partial charge in [-0.25, -0.2) is 4.39 Å². The molecule has 34 heavy (non-hydrogen) atoms. The van der Waals surface area contributed by atoms with E-state index in [2.05, 4.69) is 10.6 Å². The number of carbonyl (C=O) groups is 3. The molecule has 0 bridgehead atoms. The van der Waals surface area contributed by atoms with Crippen LogP contribution in [0.2, 0.25) is 0 Å². The Kier molecular flexibility index (Phi) is 7.22. The Morgan fingerprint density at radius 1 is 1.03 bits per heavy atom. The third kappa shape index (κ3) is 5.43. The van der Waals surface area contributed by atoms with Gasteiger partial charge in [-0.3, -0.25) is 14.4 Å². The molecule has 0 spiro atoms. The SMILES string of the molecule is COc1ccc(NC(=O)C2CCN(C(=O)c3cccs3)CC2)cc1NC(=O)c1cccc(F)c1. The second-order valence-electron chi connectivity index (χ2n) is 7.91. The number of carbonyl (C=O) groups excluding carboxylic acids is 3. The second kappa shape index (κ2) is 10.5. The maximum atomic E-state index is 13.5. The minimum Gasteiger partial charge on any atom is -0.495 e. The van der Waals surface area contributed by atoms with Crippen LogP contribution in [-0.4, -0.2) is 42.8 Å². The highest BCUT2D eigenvalue weighted by Gasteiger charge is 2.28. The van der Waals surface area contributed by atoms with Crippen molar-refractivity contribution in [1.82, 2.24) is 4.90 Å². The number of methoxy groups -OCH3 is 1. The number of rotatable bonds is 6. The molecule has 4 rings (SSSR count). The molecule has 7 nitrogen and oxygen atoms in total. The van der Waals surface area contributed by atoms with Gasteiger partial charge >= 0.3 is 0 Å². The average Bonchev–Trinajstić information content (AvgIpc) is 3.39. The third-order valence-corrected chi connectivity index (χ3v) is 6.54. The standard InChI is InChI=1S/C25H24FN3O4S/c1-33-21-8-7-19(15-20(21)28-24(31)17-4-2-5-18(26)14-17)27-23(30)16-9-11-29(12-10-16)25(32)22-6-3-13-34-22/h2-8,13-16H,9-12H2,1H3,(H,27,30)(H,28,31). The maximum absolute atomic E-state index is 13.5. The van der Waals surface area contributed by atoms with Gasteiger partial charge in [-0.05, 0) is 60.7 Å². The molecule has 0 unspecified atom stereocenters. The van der Waals surface area contributed by atoms with E-state index in [1.54, 1.807) is 29.2 Å². The number of nitrogens with one attached hydrogen (secondary N) is 2. The van der Waals surface area contributed by atoms with Gasteiger partial charge in [0.25, 0.3) is 11.8 Å². The van der Waals surface area contributed by atoms with E-state index in [1.807, 2.05) is 11.4 Å². The highest BCUT2D eigenvalue weighted by atomic mass is 32.1. The first-order chi connectivity index (χ1) is 16.4. The summed E-state index contributed by atoms with van der Waals surface area (Å²) >= 11 is 1.41. The van der Waals surface area contributed by atoms with Crippen LogP contribution in [0.5, 0.6) is 5.75 Å². The molecule has 0 saturated carbocycles. The molecule has 3 aromatic rings. The van der Waals surface area contributed by atoms with Gasteiger partial charge in [0.2, 0.25) is 5.91 Å². The molecule has 2 aromatic carbocycles. The first-order valence-corrected chi connectivity index (χ1v) is 11.7. The lowest BCUT2D eigenvalue weighted by Crippen LogP contribution is -2.41. The van der Waals surface area contributed by atoms with Crippen LogP contribution in [0.15, 0.2) is 60.0 Å². The summed E-state index contributed by atoms with van der Waals surface area (Å²) in [5.41, 5.74) is 1.02. The van der Waals surface area contributed by atoms with Crippen LogP contribution in [0.25, 0.3) is 0 Å². The van der Waals surface area contributed by atoms with Gasteiger partial charge in [0, 0.05) is 30.3 Å². The van der Waals surface area contributed by atoms with Crippen LogP contribution in [-0.2, 0) is 4.79 Å². The van der Waals surface area contributed by atoms with Gasteiger partial charge in [0.05, 0.1) is 17.7 Å². The van der Waals surface area contributed by atoms with Crippen molar-refractivity contribution in [3.8, 4) is 5.75 Å². The Balaban J connectivity index is 1.38. The van der Waals surface area contributed by atoms with Crippen LogP contribution in [0, 0.1) is 11.7 Å². The lowest BCUT2D eigenvalue weighted by Gasteiger charge is -2.31. The van der Waals surface area contributed by atoms with Crippen LogP contribution in [0.1, 0.15) is 32.9 Å². The molecule has 1 aliphatic heterocycles. The molecule has 1 saturated heterocycles. The minimum absolute atomic E-state index is 0.00249. The fourth-order valence-electron chi connectivity index (χ4n) is 3.85. The maximum Gasteiger partial charge on any atom is 0.263 e. The molecule has 0 aliphatic carbocycles. The number of likely N-dealkylation sites (tertiary alicyclic amines) is 1. The van der Waals surface area contributed by atoms with Gasteiger partial charge in [0.1, 0.15) is 11.6 Å². The largest absolute Gasteiger partial charge is 0.495 e. The van der Waals surface area contributed by atoms with E-state index in [-0.39, 0.29) is 23.3 Å². The third-order valence-electron chi connectivity index (χ3n) is 5.69. The minimum atomic E-state index is -0.510. The Morgan fingerprint density at radius 2 is 1.82 bits per heavy atom. The van der Waals surface area contributed by atoms with Crippen molar-refractivity contribution in [1.29, 1.82) is 0 Å². The zero-order valence-electron chi connectivity index (χ0n) is 18.5. The van der Waals surface area contributed by atoms with Crippen LogP contribution < -0.4 is 15.4 Å². The van der Waals surface area contributed by atoms with Gasteiger partial charge in [-0.2, -0.15) is 0 Å². The zero-order chi connectivity index (χ0) is 24.1. The number of hydrogen-bond acceptors (Lipinski definition) is 5. The fraction of sp³-hybridized carbons (Fsp3) is 0.240. The van der Waals surface area contributed by atoms with Crippen molar-refractivity contribution in [3.05, 3.63) is 76.2 Å². The number of thiophene rings is 1. The van der Waals surface area contributed by atoms with E-state index < -0.39 is 11.7 Å². The molecule has 1 aliphatic rings. The zero-order valence-corrected chi connectivity index (χ0v) is 19.4. The lowest BCUT2D eigenvalue weighted by atomic mass is 9.95. The predicted molar refractivity (Wildman–Crippen MR) is 129 cm³/mol. The first kappa shape index (κ1) is 23.4. The summed E-state index contributed by atoms with van der Waals surface area (Å²) in [5.74, 6) is -0.964. The van der Waals surface area contributed by atoms with E-state index in [0.717, 1.165) is 6.07 Å². The van der Waals surface area contributed by atoms with Gasteiger partial charge in [0.15, 0.2) is 0 Å². The first-order valence-electron chi connectivity index (χ1n) is 10.8. The molecule has 9 heteroatoms. The van der Waals surface area contributed by atoms with E-state index in [0.29, 0.717) is 47.9 Å². The van der Waals surface area contributed by atoms with Crippen LogP contribution >= 0.6 is 11.3 Å². The van der Waals surface area contributed by atoms with Crippen LogP contribution in [0.4, 0.5) is 15.8 Å². The lowest BCUT2D eigenvalue weighted by molar-refractivity contribution is -0.121. The summed E-state index contributed by atoms with van der Waals surface area (Å²) in [5, 5.41) is 7.47. The molecule has 176 valence electrons. The number of piperidine rings is 1. The Morgan fingerprint density at radius 3 is 2.50 bits per heavy atom. The summed E-state index contributed by atoms with van der Waals surface area (Å²) in [6, 6.07) is 13.9. The van der Waals surface area contributed by atoms with Crippen LogP contribution in [0.3, 0.4) is 0 Å². The van der Waals surface area contributed by atoms with Crippen molar-refractivity contribution in [2.75, 3.05) is 30.8 Å². The number of nitrogens with zero attached hydrogens (tertiary/aromatic N) is 1. The normalized spacial score (nSPS) is 13.9. The Bertz CT molecular complexity index is 1190. The van der Waals surface area contributed by atoms with Crippen molar-refractivity contribution >= 4 is 40.4 Å². The summed E-state index contributed by atoms with van der Waals surface area (Å²) in [7, 11) is 1.47. The van der Waals surface area contributed by atoms with E-state index in [9.17, 15) is 18.8 Å². The van der Waals surface area contributed by atoms with E-state index in [1.165, 1.54) is 36.6 Å². The molecular formula is C25H24FN3O4S. The molecule has 0 radical (unpaired) electrons. The highest BCUT2D eigenvalue weighted by Crippen LogP contribution is 2.29.